The lowest BCUT2D eigenvalue weighted by molar-refractivity contribution is 0.0724. The van der Waals surface area contributed by atoms with Crippen LogP contribution in [-0.2, 0) is 16.9 Å². The molecule has 0 radical (unpaired) electrons. The summed E-state index contributed by atoms with van der Waals surface area (Å²) in [6.45, 7) is 6.74. The zero-order chi connectivity index (χ0) is 19.1. The topological polar surface area (TPSA) is 85.2 Å². The average molecular weight is 376 g/mol. The third-order valence-electron chi connectivity index (χ3n) is 4.98. The van der Waals surface area contributed by atoms with E-state index in [2.05, 4.69) is 10.2 Å². The van der Waals surface area contributed by atoms with Gasteiger partial charge < -0.3 is 9.47 Å². The molecular weight excluding hydrogens is 352 g/mol. The van der Waals surface area contributed by atoms with Crippen molar-refractivity contribution in [3.63, 3.8) is 0 Å². The molecule has 0 bridgehead atoms. The highest BCUT2D eigenvalue weighted by Gasteiger charge is 2.36. The lowest BCUT2D eigenvalue weighted by Gasteiger charge is -2.32. The van der Waals surface area contributed by atoms with Crippen molar-refractivity contribution in [3.05, 3.63) is 40.7 Å². The molecule has 0 atom stereocenters. The van der Waals surface area contributed by atoms with Crippen LogP contribution >= 0.6 is 0 Å². The van der Waals surface area contributed by atoms with Gasteiger partial charge in [-0.2, -0.15) is 0 Å². The quantitative estimate of drug-likeness (QED) is 0.816. The summed E-state index contributed by atoms with van der Waals surface area (Å²) in [6.07, 6.45) is 2.20. The monoisotopic (exact) mass is 376 g/mol. The summed E-state index contributed by atoms with van der Waals surface area (Å²) in [6, 6.07) is 4.01. The summed E-state index contributed by atoms with van der Waals surface area (Å²) < 4.78 is 26.9. The van der Waals surface area contributed by atoms with Crippen molar-refractivity contribution in [2.75, 3.05) is 13.1 Å². The van der Waals surface area contributed by atoms with Crippen molar-refractivity contribution in [1.29, 1.82) is 0 Å². The van der Waals surface area contributed by atoms with Crippen LogP contribution in [0.5, 0.6) is 0 Å². The maximum Gasteiger partial charge on any atom is 0.254 e. The van der Waals surface area contributed by atoms with Gasteiger partial charge in [0.05, 0.1) is 5.25 Å². The minimum Gasteiger partial charge on any atom is -0.339 e. The number of amides is 1. The van der Waals surface area contributed by atoms with Gasteiger partial charge in [0.15, 0.2) is 0 Å². The lowest BCUT2D eigenvalue weighted by Crippen LogP contribution is -2.43. The Labute approximate surface area is 154 Å². The number of hydrogen-bond acceptors (Lipinski definition) is 5. The second kappa shape index (κ2) is 6.83. The molecule has 1 aliphatic heterocycles. The van der Waals surface area contributed by atoms with E-state index in [1.165, 1.54) is 10.9 Å². The Bertz CT molecular complexity index is 918. The molecule has 0 saturated carbocycles. The molecular formula is C18H24N4O3S. The second-order valence-corrected chi connectivity index (χ2v) is 9.16. The van der Waals surface area contributed by atoms with Crippen molar-refractivity contribution in [2.45, 2.75) is 44.0 Å². The minimum absolute atomic E-state index is 0.00694. The van der Waals surface area contributed by atoms with Crippen molar-refractivity contribution in [3.8, 4) is 0 Å². The van der Waals surface area contributed by atoms with Gasteiger partial charge in [-0.15, -0.1) is 10.2 Å². The number of benzene rings is 1. The molecule has 1 aromatic carbocycles. The summed E-state index contributed by atoms with van der Waals surface area (Å²) in [5.41, 5.74) is 3.78. The van der Waals surface area contributed by atoms with Gasteiger partial charge in [-0.3, -0.25) is 4.79 Å². The van der Waals surface area contributed by atoms with E-state index < -0.39 is 15.1 Å². The summed E-state index contributed by atoms with van der Waals surface area (Å²) in [5.74, 6) is -0.0190. The van der Waals surface area contributed by atoms with E-state index in [9.17, 15) is 13.2 Å². The van der Waals surface area contributed by atoms with Gasteiger partial charge in [0, 0.05) is 25.7 Å². The molecule has 7 nitrogen and oxygen atoms in total. The third kappa shape index (κ3) is 3.25. The fourth-order valence-corrected chi connectivity index (χ4v) is 5.46. The molecule has 2 aromatic rings. The third-order valence-corrected chi connectivity index (χ3v) is 7.21. The molecule has 1 fully saturated rings. The highest BCUT2D eigenvalue weighted by Crippen LogP contribution is 2.25. The molecule has 1 amide bonds. The number of carbonyl (C=O) groups excluding carboxylic acids is 1. The zero-order valence-corrected chi connectivity index (χ0v) is 16.4. The van der Waals surface area contributed by atoms with Gasteiger partial charge >= 0.3 is 0 Å². The molecule has 1 aromatic heterocycles. The number of nitrogens with zero attached hydrogens (tertiary/aromatic N) is 4. The van der Waals surface area contributed by atoms with Gasteiger partial charge in [0.25, 0.3) is 5.91 Å². The molecule has 2 heterocycles. The molecule has 0 aliphatic carbocycles. The summed E-state index contributed by atoms with van der Waals surface area (Å²) >= 11 is 0. The van der Waals surface area contributed by atoms with Crippen molar-refractivity contribution < 1.29 is 13.2 Å². The molecule has 3 rings (SSSR count). The maximum absolute atomic E-state index is 12.9. The summed E-state index contributed by atoms with van der Waals surface area (Å²) in [5, 5.41) is 6.86. The molecule has 140 valence electrons. The predicted octanol–water partition coefficient (Wildman–Crippen LogP) is 1.82. The first-order chi connectivity index (χ1) is 12.2. The van der Waals surface area contributed by atoms with Crippen molar-refractivity contribution >= 4 is 15.7 Å². The number of aryl methyl sites for hydroxylation is 4. The molecule has 1 saturated heterocycles. The van der Waals surface area contributed by atoms with Gasteiger partial charge in [-0.25, -0.2) is 8.42 Å². The normalized spacial score (nSPS) is 16.1. The van der Waals surface area contributed by atoms with Gasteiger partial charge in [0.1, 0.15) is 6.33 Å². The Kier molecular flexibility index (Phi) is 4.88. The molecule has 26 heavy (non-hydrogen) atoms. The van der Waals surface area contributed by atoms with Crippen LogP contribution in [0.3, 0.4) is 0 Å². The Morgan fingerprint density at radius 3 is 2.19 bits per heavy atom. The molecule has 1 aliphatic rings. The SMILES string of the molecule is Cc1cc(C)c(C(=O)N2CCC(S(=O)(=O)c3nncn3C)CC2)c(C)c1. The van der Waals surface area contributed by atoms with Crippen LogP contribution in [0, 0.1) is 20.8 Å². The van der Waals surface area contributed by atoms with E-state index in [0.717, 1.165) is 22.3 Å². The van der Waals surface area contributed by atoms with Crippen molar-refractivity contribution in [2.24, 2.45) is 7.05 Å². The molecule has 8 heteroatoms. The van der Waals surface area contributed by atoms with E-state index in [1.54, 1.807) is 11.9 Å². The summed E-state index contributed by atoms with van der Waals surface area (Å²) in [7, 11) is -1.91. The smallest absolute Gasteiger partial charge is 0.254 e. The minimum atomic E-state index is -3.53. The molecule has 0 unspecified atom stereocenters. The standard InChI is InChI=1S/C18H24N4O3S/c1-12-9-13(2)16(14(3)10-12)17(23)22-7-5-15(6-8-22)26(24,25)18-20-19-11-21(18)4/h9-11,15H,5-8H2,1-4H3. The Morgan fingerprint density at radius 2 is 1.69 bits per heavy atom. The van der Waals surface area contributed by atoms with Crippen LogP contribution in [0.4, 0.5) is 0 Å². The van der Waals surface area contributed by atoms with Crippen LogP contribution in [0.2, 0.25) is 0 Å². The number of piperidine rings is 1. The highest BCUT2D eigenvalue weighted by molar-refractivity contribution is 7.91. The molecule has 0 N–H and O–H groups in total. The zero-order valence-electron chi connectivity index (χ0n) is 15.6. The first-order valence-electron chi connectivity index (χ1n) is 8.67. The highest BCUT2D eigenvalue weighted by atomic mass is 32.2. The fraction of sp³-hybridized carbons (Fsp3) is 0.500. The van der Waals surface area contributed by atoms with Crippen LogP contribution in [0.15, 0.2) is 23.6 Å². The van der Waals surface area contributed by atoms with E-state index in [-0.39, 0.29) is 11.1 Å². The van der Waals surface area contributed by atoms with Gasteiger partial charge in [-0.05, 0) is 44.7 Å². The Balaban J connectivity index is 1.75. The Hall–Kier alpha value is -2.22. The first kappa shape index (κ1) is 18.6. The van der Waals surface area contributed by atoms with Crippen LogP contribution in [-0.4, -0.2) is 52.3 Å². The predicted molar refractivity (Wildman–Crippen MR) is 97.8 cm³/mol. The molecule has 0 spiro atoms. The number of sulfone groups is 1. The number of aromatic nitrogens is 3. The average Bonchev–Trinajstić information content (AvgIpc) is 3.01. The second-order valence-electron chi connectivity index (χ2n) is 7.03. The van der Waals surface area contributed by atoms with E-state index in [4.69, 9.17) is 0 Å². The van der Waals surface area contributed by atoms with E-state index >= 15 is 0 Å². The Morgan fingerprint density at radius 1 is 1.12 bits per heavy atom. The largest absolute Gasteiger partial charge is 0.339 e. The van der Waals surface area contributed by atoms with Crippen LogP contribution in [0.25, 0.3) is 0 Å². The number of likely N-dealkylation sites (tertiary alicyclic amines) is 1. The first-order valence-corrected chi connectivity index (χ1v) is 10.2. The van der Waals surface area contributed by atoms with Crippen LogP contribution in [0.1, 0.15) is 39.9 Å². The number of rotatable bonds is 3. The summed E-state index contributed by atoms with van der Waals surface area (Å²) in [4.78, 5) is 14.7. The fourth-order valence-electron chi connectivity index (χ4n) is 3.72. The van der Waals surface area contributed by atoms with Gasteiger partial charge in [-0.1, -0.05) is 17.7 Å². The van der Waals surface area contributed by atoms with E-state index in [1.807, 2.05) is 32.9 Å². The van der Waals surface area contributed by atoms with Gasteiger partial charge in [0.2, 0.25) is 15.0 Å². The lowest BCUT2D eigenvalue weighted by atomic mass is 9.98. The van der Waals surface area contributed by atoms with Crippen LogP contribution < -0.4 is 0 Å². The number of carbonyl (C=O) groups is 1. The van der Waals surface area contributed by atoms with Crippen molar-refractivity contribution in [1.82, 2.24) is 19.7 Å². The number of hydrogen-bond donors (Lipinski definition) is 0. The van der Waals surface area contributed by atoms with E-state index in [0.29, 0.717) is 25.9 Å². The maximum atomic E-state index is 12.9.